The van der Waals surface area contributed by atoms with Crippen molar-refractivity contribution in [1.82, 2.24) is 24.6 Å². The average Bonchev–Trinajstić information content (AvgIpc) is 3.21. The molecule has 0 radical (unpaired) electrons. The van der Waals surface area contributed by atoms with Crippen LogP contribution in [0.25, 0.3) is 0 Å². The van der Waals surface area contributed by atoms with Gasteiger partial charge in [0.1, 0.15) is 0 Å². The minimum absolute atomic E-state index is 0.0551. The molecule has 8 nitrogen and oxygen atoms in total. The average molecular weight is 446 g/mol. The smallest absolute Gasteiger partial charge is 0.319 e. The molecule has 2 aliphatic heterocycles. The molecule has 2 aliphatic rings. The number of nitrogens with zero attached hydrogens (tertiary/aromatic N) is 5. The van der Waals surface area contributed by atoms with E-state index in [9.17, 15) is 9.59 Å². The van der Waals surface area contributed by atoms with E-state index < -0.39 is 0 Å². The number of rotatable bonds is 5. The van der Waals surface area contributed by atoms with E-state index in [4.69, 9.17) is 9.84 Å². The Morgan fingerprint density at radius 1 is 1.00 bits per heavy atom. The molecule has 0 unspecified atom stereocenters. The van der Waals surface area contributed by atoms with E-state index in [1.165, 1.54) is 18.2 Å². The minimum Gasteiger partial charge on any atom is -0.468 e. The second kappa shape index (κ2) is 9.15. The Hall–Kier alpha value is -3.52. The van der Waals surface area contributed by atoms with Crippen LogP contribution in [0.15, 0.2) is 48.7 Å². The molecule has 3 aromatic rings. The monoisotopic (exact) mass is 445 g/mol. The van der Waals surface area contributed by atoms with Gasteiger partial charge in [0.2, 0.25) is 0 Å². The van der Waals surface area contributed by atoms with Gasteiger partial charge in [-0.2, -0.15) is 5.10 Å². The zero-order valence-electron chi connectivity index (χ0n) is 18.7. The molecule has 2 aromatic heterocycles. The fourth-order valence-electron chi connectivity index (χ4n) is 4.70. The zero-order chi connectivity index (χ0) is 22.8. The van der Waals surface area contributed by atoms with Crippen LogP contribution in [0.4, 0.5) is 0 Å². The van der Waals surface area contributed by atoms with E-state index in [1.54, 1.807) is 6.20 Å². The maximum atomic E-state index is 13.7. The number of hydrogen-bond donors (Lipinski definition) is 0. The maximum absolute atomic E-state index is 13.7. The van der Waals surface area contributed by atoms with Crippen LogP contribution in [-0.4, -0.2) is 63.2 Å². The number of methoxy groups -OCH3 is 1. The number of amides is 1. The number of aromatic nitrogens is 3. The molecule has 8 heteroatoms. The molecule has 0 N–H and O–H groups in total. The lowest BCUT2D eigenvalue weighted by Crippen LogP contribution is -2.38. The Bertz CT molecular complexity index is 1170. The van der Waals surface area contributed by atoms with Gasteiger partial charge in [0.25, 0.3) is 5.91 Å². The van der Waals surface area contributed by atoms with Crippen molar-refractivity contribution in [2.24, 2.45) is 0 Å². The van der Waals surface area contributed by atoms with Crippen molar-refractivity contribution in [1.29, 1.82) is 0 Å². The van der Waals surface area contributed by atoms with E-state index in [1.807, 2.05) is 44.8 Å². The predicted molar refractivity (Wildman–Crippen MR) is 121 cm³/mol. The second-order valence-corrected chi connectivity index (χ2v) is 8.53. The first kappa shape index (κ1) is 21.3. The lowest BCUT2D eigenvalue weighted by atomic mass is 9.99. The van der Waals surface area contributed by atoms with Gasteiger partial charge in [0.05, 0.1) is 25.9 Å². The van der Waals surface area contributed by atoms with Crippen LogP contribution in [0, 0.1) is 0 Å². The Labute approximate surface area is 192 Å². The molecule has 0 saturated heterocycles. The van der Waals surface area contributed by atoms with Crippen molar-refractivity contribution >= 4 is 11.9 Å². The van der Waals surface area contributed by atoms with Crippen LogP contribution in [0.5, 0.6) is 0 Å². The molecule has 0 bridgehead atoms. The van der Waals surface area contributed by atoms with Gasteiger partial charge in [-0.25, -0.2) is 0 Å². The molecule has 1 aromatic carbocycles. The number of fused-ring (bicyclic) bond motifs is 2. The summed E-state index contributed by atoms with van der Waals surface area (Å²) >= 11 is 0. The minimum atomic E-state index is -0.278. The Morgan fingerprint density at radius 3 is 2.61 bits per heavy atom. The molecule has 170 valence electrons. The molecule has 0 saturated carbocycles. The number of pyridine rings is 1. The number of benzene rings is 1. The largest absolute Gasteiger partial charge is 0.468 e. The summed E-state index contributed by atoms with van der Waals surface area (Å²) in [5, 5.41) is 4.79. The molecule has 33 heavy (non-hydrogen) atoms. The third-order valence-corrected chi connectivity index (χ3v) is 6.45. The molecule has 4 heterocycles. The van der Waals surface area contributed by atoms with E-state index in [0.717, 1.165) is 23.4 Å². The predicted octanol–water partition coefficient (Wildman–Crippen LogP) is 2.06. The SMILES string of the molecule is COC(=O)CN1CCc2c(c(C(=O)N3CCc4ccccc4C3)nn2Cc2ccccn2)C1. The molecule has 0 spiro atoms. The van der Waals surface area contributed by atoms with Gasteiger partial charge >= 0.3 is 5.97 Å². The van der Waals surface area contributed by atoms with E-state index >= 15 is 0 Å². The number of esters is 1. The molecular weight excluding hydrogens is 418 g/mol. The van der Waals surface area contributed by atoms with Crippen LogP contribution in [0.2, 0.25) is 0 Å². The second-order valence-electron chi connectivity index (χ2n) is 8.53. The zero-order valence-corrected chi connectivity index (χ0v) is 18.7. The van der Waals surface area contributed by atoms with Crippen molar-refractivity contribution < 1.29 is 14.3 Å². The highest BCUT2D eigenvalue weighted by molar-refractivity contribution is 5.94. The summed E-state index contributed by atoms with van der Waals surface area (Å²) in [4.78, 5) is 33.8. The summed E-state index contributed by atoms with van der Waals surface area (Å²) in [6, 6.07) is 14.1. The normalized spacial score (nSPS) is 15.6. The summed E-state index contributed by atoms with van der Waals surface area (Å²) < 4.78 is 6.76. The van der Waals surface area contributed by atoms with Crippen molar-refractivity contribution in [3.63, 3.8) is 0 Å². The van der Waals surface area contributed by atoms with Crippen LogP contribution < -0.4 is 0 Å². The molecule has 0 fully saturated rings. The van der Waals surface area contributed by atoms with Crippen LogP contribution >= 0.6 is 0 Å². The standard InChI is InChI=1S/C25H27N5O3/c1-33-23(31)17-28-12-10-22-21(16-28)24(27-30(22)15-20-8-4-5-11-26-20)25(32)29-13-9-18-6-2-3-7-19(18)14-29/h2-8,11H,9-10,12-17H2,1H3. The van der Waals surface area contributed by atoms with Crippen LogP contribution in [-0.2, 0) is 42.0 Å². The molecule has 0 atom stereocenters. The van der Waals surface area contributed by atoms with Gasteiger partial charge in [0.15, 0.2) is 5.69 Å². The summed E-state index contributed by atoms with van der Waals surface area (Å²) in [6.45, 7) is 3.17. The van der Waals surface area contributed by atoms with Crippen molar-refractivity contribution in [2.45, 2.75) is 32.5 Å². The van der Waals surface area contributed by atoms with Gasteiger partial charge in [-0.3, -0.25) is 24.2 Å². The topological polar surface area (TPSA) is 80.6 Å². The van der Waals surface area contributed by atoms with Gasteiger partial charge in [0, 0.05) is 50.1 Å². The van der Waals surface area contributed by atoms with E-state index in [0.29, 0.717) is 44.8 Å². The summed E-state index contributed by atoms with van der Waals surface area (Å²) in [7, 11) is 1.39. The first-order valence-corrected chi connectivity index (χ1v) is 11.3. The fourth-order valence-corrected chi connectivity index (χ4v) is 4.70. The molecular formula is C25H27N5O3. The fraction of sp³-hybridized carbons (Fsp3) is 0.360. The number of carbonyl (C=O) groups is 2. The van der Waals surface area contributed by atoms with Crippen molar-refractivity contribution in [2.75, 3.05) is 26.7 Å². The summed E-state index contributed by atoms with van der Waals surface area (Å²) in [5.74, 6) is -0.333. The quantitative estimate of drug-likeness (QED) is 0.560. The highest BCUT2D eigenvalue weighted by Crippen LogP contribution is 2.27. The lowest BCUT2D eigenvalue weighted by molar-refractivity contribution is -0.142. The van der Waals surface area contributed by atoms with E-state index in [-0.39, 0.29) is 18.4 Å². The van der Waals surface area contributed by atoms with Crippen molar-refractivity contribution in [3.05, 3.63) is 82.4 Å². The number of hydrogen-bond acceptors (Lipinski definition) is 6. The summed E-state index contributed by atoms with van der Waals surface area (Å²) in [6.07, 6.45) is 3.32. The Balaban J connectivity index is 1.46. The van der Waals surface area contributed by atoms with Gasteiger partial charge in [-0.1, -0.05) is 30.3 Å². The van der Waals surface area contributed by atoms with Crippen LogP contribution in [0.3, 0.4) is 0 Å². The van der Waals surface area contributed by atoms with E-state index in [2.05, 4.69) is 17.1 Å². The summed E-state index contributed by atoms with van der Waals surface area (Å²) in [5.41, 5.74) is 5.81. The first-order chi connectivity index (χ1) is 16.1. The molecule has 0 aliphatic carbocycles. The third-order valence-electron chi connectivity index (χ3n) is 6.45. The first-order valence-electron chi connectivity index (χ1n) is 11.3. The molecule has 1 amide bonds. The lowest BCUT2D eigenvalue weighted by Gasteiger charge is -2.30. The Kier molecular flexibility index (Phi) is 5.92. The van der Waals surface area contributed by atoms with Gasteiger partial charge in [-0.15, -0.1) is 0 Å². The highest BCUT2D eigenvalue weighted by atomic mass is 16.5. The van der Waals surface area contributed by atoms with Gasteiger partial charge in [-0.05, 0) is 29.7 Å². The van der Waals surface area contributed by atoms with Crippen LogP contribution in [0.1, 0.15) is 38.6 Å². The van der Waals surface area contributed by atoms with Crippen molar-refractivity contribution in [3.8, 4) is 0 Å². The highest BCUT2D eigenvalue weighted by Gasteiger charge is 2.32. The number of carbonyl (C=O) groups excluding carboxylic acids is 2. The van der Waals surface area contributed by atoms with Gasteiger partial charge < -0.3 is 9.64 Å². The number of ether oxygens (including phenoxy) is 1. The third kappa shape index (κ3) is 4.39. The molecule has 5 rings (SSSR count). The maximum Gasteiger partial charge on any atom is 0.319 e. The Morgan fingerprint density at radius 2 is 1.82 bits per heavy atom.